The molecule has 18 heavy (non-hydrogen) atoms. The number of aromatic nitrogens is 2. The second-order valence-electron chi connectivity index (χ2n) is 4.79. The molecule has 0 amide bonds. The van der Waals surface area contributed by atoms with Crippen LogP contribution >= 0.6 is 0 Å². The quantitative estimate of drug-likeness (QED) is 0.752. The third kappa shape index (κ3) is 4.46. The molecule has 0 unspecified atom stereocenters. The average molecular weight is 254 g/mol. The normalized spacial score (nSPS) is 11.4. The Kier molecular flexibility index (Phi) is 5.30. The molecule has 0 radical (unpaired) electrons. The number of aryl methyl sites for hydroxylation is 1. The van der Waals surface area contributed by atoms with Gasteiger partial charge < -0.3 is 10.0 Å². The van der Waals surface area contributed by atoms with E-state index in [1.165, 1.54) is 0 Å². The third-order valence-corrected chi connectivity index (χ3v) is 2.95. The number of carboxylic acids is 1. The molecule has 0 atom stereocenters. The molecule has 0 aromatic carbocycles. The Labute approximate surface area is 108 Å². The number of aliphatic carboxylic acids is 1. The summed E-state index contributed by atoms with van der Waals surface area (Å²) in [6.07, 6.45) is 1.81. The van der Waals surface area contributed by atoms with Gasteiger partial charge in [0.15, 0.2) is 0 Å². The maximum atomic E-state index is 10.9. The van der Waals surface area contributed by atoms with Crippen molar-refractivity contribution in [3.05, 3.63) is 17.5 Å². The van der Waals surface area contributed by atoms with Crippen LogP contribution in [0.2, 0.25) is 0 Å². The van der Waals surface area contributed by atoms with E-state index >= 15 is 0 Å². The summed E-state index contributed by atoms with van der Waals surface area (Å²) in [5, 5.41) is 13.1. The Bertz CT molecular complexity index is 401. The van der Waals surface area contributed by atoms with Gasteiger partial charge in [0, 0.05) is 37.9 Å². The molecule has 0 spiro atoms. The lowest BCUT2D eigenvalue weighted by molar-refractivity contribution is -0.138. The van der Waals surface area contributed by atoms with Crippen LogP contribution in [0.25, 0.3) is 0 Å². The molecule has 0 fully saturated rings. The lowest BCUT2D eigenvalue weighted by Crippen LogP contribution is -2.35. The first-order valence-electron chi connectivity index (χ1n) is 5.96. The molecule has 1 aromatic rings. The zero-order chi connectivity index (χ0) is 13.7. The SMILES string of the molecule is Cc1c(CN(CCN(C)C)CC(=O)O)cnn1C. The van der Waals surface area contributed by atoms with Crippen LogP contribution in [0.3, 0.4) is 0 Å². The first-order chi connectivity index (χ1) is 8.40. The van der Waals surface area contributed by atoms with E-state index in [9.17, 15) is 4.79 Å². The number of carboxylic acid groups (broad SMARTS) is 1. The Balaban J connectivity index is 2.65. The number of hydrogen-bond acceptors (Lipinski definition) is 4. The van der Waals surface area contributed by atoms with E-state index < -0.39 is 5.97 Å². The third-order valence-electron chi connectivity index (χ3n) is 2.95. The maximum absolute atomic E-state index is 10.9. The lowest BCUT2D eigenvalue weighted by atomic mass is 10.2. The van der Waals surface area contributed by atoms with Crippen LogP contribution in [-0.4, -0.2) is 64.4 Å². The molecule has 1 aromatic heterocycles. The maximum Gasteiger partial charge on any atom is 0.317 e. The Morgan fingerprint density at radius 1 is 1.44 bits per heavy atom. The van der Waals surface area contributed by atoms with E-state index in [4.69, 9.17) is 5.11 Å². The Hall–Kier alpha value is -1.40. The highest BCUT2D eigenvalue weighted by atomic mass is 16.4. The molecule has 1 rings (SSSR count). The van der Waals surface area contributed by atoms with Crippen LogP contribution in [0.5, 0.6) is 0 Å². The summed E-state index contributed by atoms with van der Waals surface area (Å²) in [4.78, 5) is 14.8. The van der Waals surface area contributed by atoms with Crippen molar-refractivity contribution in [3.8, 4) is 0 Å². The topological polar surface area (TPSA) is 61.6 Å². The lowest BCUT2D eigenvalue weighted by Gasteiger charge is -2.22. The first-order valence-corrected chi connectivity index (χ1v) is 5.96. The van der Waals surface area contributed by atoms with Crippen LogP contribution in [0, 0.1) is 6.92 Å². The zero-order valence-electron chi connectivity index (χ0n) is 11.6. The van der Waals surface area contributed by atoms with Gasteiger partial charge >= 0.3 is 5.97 Å². The van der Waals surface area contributed by atoms with E-state index in [0.717, 1.165) is 24.3 Å². The van der Waals surface area contributed by atoms with E-state index in [2.05, 4.69) is 5.10 Å². The minimum Gasteiger partial charge on any atom is -0.480 e. The fraction of sp³-hybridized carbons (Fsp3) is 0.667. The summed E-state index contributed by atoms with van der Waals surface area (Å²) in [5.74, 6) is -0.796. The Morgan fingerprint density at radius 3 is 2.56 bits per heavy atom. The zero-order valence-corrected chi connectivity index (χ0v) is 11.6. The predicted octanol–water partition coefficient (Wildman–Crippen LogP) is 0.177. The van der Waals surface area contributed by atoms with E-state index in [1.54, 1.807) is 10.9 Å². The fourth-order valence-electron chi connectivity index (χ4n) is 1.69. The van der Waals surface area contributed by atoms with Gasteiger partial charge in [0.2, 0.25) is 0 Å². The molecule has 0 bridgehead atoms. The molecule has 1 heterocycles. The summed E-state index contributed by atoms with van der Waals surface area (Å²) in [7, 11) is 5.85. The second kappa shape index (κ2) is 6.51. The molecule has 102 valence electrons. The van der Waals surface area contributed by atoms with Crippen LogP contribution < -0.4 is 0 Å². The van der Waals surface area contributed by atoms with Gasteiger partial charge in [0.1, 0.15) is 0 Å². The average Bonchev–Trinajstić information content (AvgIpc) is 2.57. The van der Waals surface area contributed by atoms with Crippen LogP contribution in [-0.2, 0) is 18.4 Å². The molecule has 6 heteroatoms. The van der Waals surface area contributed by atoms with Crippen LogP contribution in [0.1, 0.15) is 11.3 Å². The van der Waals surface area contributed by atoms with Gasteiger partial charge in [-0.3, -0.25) is 14.4 Å². The van der Waals surface area contributed by atoms with Crippen molar-refractivity contribution in [1.82, 2.24) is 19.6 Å². The molecule has 0 saturated heterocycles. The van der Waals surface area contributed by atoms with Gasteiger partial charge in [-0.2, -0.15) is 5.10 Å². The van der Waals surface area contributed by atoms with Crippen molar-refractivity contribution in [2.45, 2.75) is 13.5 Å². The first kappa shape index (κ1) is 14.7. The second-order valence-corrected chi connectivity index (χ2v) is 4.79. The van der Waals surface area contributed by atoms with Crippen molar-refractivity contribution in [2.24, 2.45) is 7.05 Å². The summed E-state index contributed by atoms with van der Waals surface area (Å²) in [6.45, 7) is 4.25. The monoisotopic (exact) mass is 254 g/mol. The molecule has 0 saturated carbocycles. The highest BCUT2D eigenvalue weighted by Crippen LogP contribution is 2.09. The molecule has 0 aliphatic rings. The van der Waals surface area contributed by atoms with Gasteiger partial charge in [0.05, 0.1) is 12.7 Å². The summed E-state index contributed by atoms with van der Waals surface area (Å²) >= 11 is 0. The van der Waals surface area contributed by atoms with E-state index in [-0.39, 0.29) is 6.54 Å². The predicted molar refractivity (Wildman–Crippen MR) is 69.4 cm³/mol. The standard InChI is InChI=1S/C12H22N4O2/c1-10-11(7-13-15(10)4)8-16(9-12(17)18)6-5-14(2)3/h7H,5-6,8-9H2,1-4H3,(H,17,18). The van der Waals surface area contributed by atoms with Crippen molar-refractivity contribution in [3.63, 3.8) is 0 Å². The molecule has 0 aliphatic carbocycles. The number of carbonyl (C=O) groups is 1. The molecule has 0 aliphatic heterocycles. The van der Waals surface area contributed by atoms with Crippen molar-refractivity contribution in [1.29, 1.82) is 0 Å². The fourth-order valence-corrected chi connectivity index (χ4v) is 1.69. The van der Waals surface area contributed by atoms with Gasteiger partial charge in [0.25, 0.3) is 0 Å². The van der Waals surface area contributed by atoms with Gasteiger partial charge in [-0.15, -0.1) is 0 Å². The van der Waals surface area contributed by atoms with Crippen molar-refractivity contribution >= 4 is 5.97 Å². The summed E-state index contributed by atoms with van der Waals surface area (Å²) in [6, 6.07) is 0. The van der Waals surface area contributed by atoms with Crippen molar-refractivity contribution in [2.75, 3.05) is 33.7 Å². The number of hydrogen-bond donors (Lipinski definition) is 1. The summed E-state index contributed by atoms with van der Waals surface area (Å²) < 4.78 is 1.81. The highest BCUT2D eigenvalue weighted by molar-refractivity contribution is 5.69. The minimum absolute atomic E-state index is 0.0577. The number of rotatable bonds is 7. The van der Waals surface area contributed by atoms with E-state index in [1.807, 2.05) is 37.9 Å². The molecule has 6 nitrogen and oxygen atoms in total. The highest BCUT2D eigenvalue weighted by Gasteiger charge is 2.13. The van der Waals surface area contributed by atoms with Gasteiger partial charge in [-0.05, 0) is 21.0 Å². The summed E-state index contributed by atoms with van der Waals surface area (Å²) in [5.41, 5.74) is 2.16. The minimum atomic E-state index is -0.796. The van der Waals surface area contributed by atoms with Gasteiger partial charge in [-0.1, -0.05) is 0 Å². The smallest absolute Gasteiger partial charge is 0.317 e. The van der Waals surface area contributed by atoms with Crippen LogP contribution in [0.4, 0.5) is 0 Å². The van der Waals surface area contributed by atoms with Crippen LogP contribution in [0.15, 0.2) is 6.20 Å². The number of nitrogens with zero attached hydrogens (tertiary/aromatic N) is 4. The largest absolute Gasteiger partial charge is 0.480 e. The molecule has 1 N–H and O–H groups in total. The molecular weight excluding hydrogens is 232 g/mol. The van der Waals surface area contributed by atoms with E-state index in [0.29, 0.717) is 6.54 Å². The molecular formula is C12H22N4O2. The van der Waals surface area contributed by atoms with Gasteiger partial charge in [-0.25, -0.2) is 0 Å². The Morgan fingerprint density at radius 2 is 2.11 bits per heavy atom. The van der Waals surface area contributed by atoms with Crippen molar-refractivity contribution < 1.29 is 9.90 Å². The number of likely N-dealkylation sites (N-methyl/N-ethyl adjacent to an activating group) is 1.